The Morgan fingerprint density at radius 1 is 0.909 bits per heavy atom. The van der Waals surface area contributed by atoms with Gasteiger partial charge in [0, 0.05) is 22.4 Å². The summed E-state index contributed by atoms with van der Waals surface area (Å²) in [7, 11) is 0. The number of imide groups is 1. The summed E-state index contributed by atoms with van der Waals surface area (Å²) >= 11 is 6.24. The van der Waals surface area contributed by atoms with Crippen molar-refractivity contribution in [1.29, 1.82) is 0 Å². The lowest BCUT2D eigenvalue weighted by atomic mass is 9.91. The molecular formula is C24H14ClN3O5. The van der Waals surface area contributed by atoms with Crippen molar-refractivity contribution in [2.45, 2.75) is 0 Å². The average molecular weight is 460 g/mol. The smallest absolute Gasteiger partial charge is 0.294 e. The lowest BCUT2D eigenvalue weighted by Gasteiger charge is -2.28. The monoisotopic (exact) mass is 459 g/mol. The van der Waals surface area contributed by atoms with Crippen LogP contribution in [0.5, 0.6) is 5.75 Å². The number of carbonyl (C=O) groups excluding carboxylic acids is 2. The molecule has 1 aliphatic heterocycles. The Kier molecular flexibility index (Phi) is 4.72. The van der Waals surface area contributed by atoms with E-state index in [9.17, 15) is 24.8 Å². The Labute approximate surface area is 191 Å². The van der Waals surface area contributed by atoms with Gasteiger partial charge in [0.25, 0.3) is 17.5 Å². The molecule has 1 aliphatic rings. The van der Waals surface area contributed by atoms with Crippen molar-refractivity contribution in [2.24, 2.45) is 0 Å². The molecule has 0 fully saturated rings. The Hall–Kier alpha value is -4.43. The zero-order chi connectivity index (χ0) is 23.3. The van der Waals surface area contributed by atoms with Gasteiger partial charge in [-0.15, -0.1) is 0 Å². The molecule has 0 bridgehead atoms. The van der Waals surface area contributed by atoms with Crippen LogP contribution in [0.4, 0.5) is 22.7 Å². The molecule has 0 saturated carbocycles. The maximum absolute atomic E-state index is 13.4. The average Bonchev–Trinajstić information content (AvgIpc) is 2.80. The molecular weight excluding hydrogens is 446 g/mol. The summed E-state index contributed by atoms with van der Waals surface area (Å²) in [6.45, 7) is 0. The first-order valence-corrected chi connectivity index (χ1v) is 10.2. The molecule has 2 N–H and O–H groups in total. The highest BCUT2D eigenvalue weighted by Gasteiger charge is 2.38. The summed E-state index contributed by atoms with van der Waals surface area (Å²) in [6, 6.07) is 18.5. The molecule has 0 aromatic heterocycles. The maximum atomic E-state index is 13.4. The van der Waals surface area contributed by atoms with Crippen molar-refractivity contribution >= 4 is 56.9 Å². The number of amides is 2. The number of hydrogen-bond donors (Lipinski definition) is 2. The Morgan fingerprint density at radius 3 is 2.33 bits per heavy atom. The van der Waals surface area contributed by atoms with Crippen LogP contribution in [-0.2, 0) is 0 Å². The van der Waals surface area contributed by atoms with Gasteiger partial charge < -0.3 is 10.4 Å². The molecule has 0 spiro atoms. The first-order chi connectivity index (χ1) is 15.9. The van der Waals surface area contributed by atoms with Crippen LogP contribution in [0.1, 0.15) is 20.7 Å². The number of phenols is 1. The van der Waals surface area contributed by atoms with Gasteiger partial charge >= 0.3 is 0 Å². The number of halogens is 1. The van der Waals surface area contributed by atoms with Crippen molar-refractivity contribution in [3.63, 3.8) is 0 Å². The van der Waals surface area contributed by atoms with Crippen molar-refractivity contribution in [3.8, 4) is 5.75 Å². The summed E-state index contributed by atoms with van der Waals surface area (Å²) in [6.07, 6.45) is 0. The number of anilines is 3. The topological polar surface area (TPSA) is 113 Å². The third-order valence-corrected chi connectivity index (χ3v) is 5.79. The molecule has 0 unspecified atom stereocenters. The third-order valence-electron chi connectivity index (χ3n) is 5.46. The number of nitrogens with one attached hydrogen (secondary N) is 1. The number of benzene rings is 4. The van der Waals surface area contributed by atoms with E-state index in [0.29, 0.717) is 21.5 Å². The Balaban J connectivity index is 1.79. The molecule has 8 nitrogen and oxygen atoms in total. The fourth-order valence-electron chi connectivity index (χ4n) is 3.99. The van der Waals surface area contributed by atoms with E-state index < -0.39 is 16.7 Å². The molecule has 5 rings (SSSR count). The molecule has 1 heterocycles. The first-order valence-electron chi connectivity index (χ1n) is 9.81. The minimum atomic E-state index is -0.766. The van der Waals surface area contributed by atoms with Crippen molar-refractivity contribution in [3.05, 3.63) is 99.1 Å². The molecule has 0 atom stereocenters. The quantitative estimate of drug-likeness (QED) is 0.231. The first kappa shape index (κ1) is 20.5. The van der Waals surface area contributed by atoms with Crippen LogP contribution in [0, 0.1) is 10.1 Å². The second kappa shape index (κ2) is 7.61. The van der Waals surface area contributed by atoms with E-state index in [-0.39, 0.29) is 33.9 Å². The molecule has 33 heavy (non-hydrogen) atoms. The van der Waals surface area contributed by atoms with Gasteiger partial charge in [0.05, 0.1) is 26.9 Å². The summed E-state index contributed by atoms with van der Waals surface area (Å²) < 4.78 is 0. The van der Waals surface area contributed by atoms with E-state index in [4.69, 9.17) is 11.6 Å². The van der Waals surface area contributed by atoms with Gasteiger partial charge in [0.15, 0.2) is 0 Å². The minimum absolute atomic E-state index is 0.00363. The number of carbonyl (C=O) groups is 2. The molecule has 4 aromatic rings. The number of nitro benzene ring substituents is 1. The summed E-state index contributed by atoms with van der Waals surface area (Å²) in [4.78, 5) is 38.9. The fraction of sp³-hybridized carbons (Fsp3) is 0. The second-order valence-corrected chi connectivity index (χ2v) is 7.75. The number of phenolic OH excluding ortho intramolecular Hbond substituents is 1. The van der Waals surface area contributed by atoms with Crippen LogP contribution in [0.15, 0.2) is 72.8 Å². The minimum Gasteiger partial charge on any atom is -0.506 e. The third kappa shape index (κ3) is 3.16. The molecule has 9 heteroatoms. The molecule has 4 aromatic carbocycles. The maximum Gasteiger partial charge on any atom is 0.294 e. The predicted molar refractivity (Wildman–Crippen MR) is 125 cm³/mol. The molecule has 2 amide bonds. The number of para-hydroxylation sites is 3. The lowest BCUT2D eigenvalue weighted by molar-refractivity contribution is -0.383. The lowest BCUT2D eigenvalue weighted by Crippen LogP contribution is -2.40. The highest BCUT2D eigenvalue weighted by molar-refractivity contribution is 6.37. The van der Waals surface area contributed by atoms with Gasteiger partial charge in [-0.25, -0.2) is 4.90 Å². The summed E-state index contributed by atoms with van der Waals surface area (Å²) in [5.74, 6) is -1.67. The van der Waals surface area contributed by atoms with Crippen LogP contribution >= 0.6 is 11.6 Å². The van der Waals surface area contributed by atoms with Gasteiger partial charge in [-0.1, -0.05) is 48.0 Å². The SMILES string of the molecule is O=C1c2cccc3c(Nc4ccccc4Cl)c([N+](=O)[O-])cc(c23)C(=O)N1c1ccccc1O. The number of aromatic hydroxyl groups is 1. The fourth-order valence-corrected chi connectivity index (χ4v) is 4.18. The van der Waals surface area contributed by atoms with Gasteiger partial charge in [-0.3, -0.25) is 19.7 Å². The normalized spacial score (nSPS) is 12.8. The molecule has 0 saturated heterocycles. The Bertz CT molecular complexity index is 1500. The Morgan fingerprint density at radius 2 is 1.61 bits per heavy atom. The van der Waals surface area contributed by atoms with E-state index in [1.165, 1.54) is 12.1 Å². The van der Waals surface area contributed by atoms with Gasteiger partial charge in [0.2, 0.25) is 0 Å². The zero-order valence-corrected chi connectivity index (χ0v) is 17.5. The molecule has 162 valence electrons. The van der Waals surface area contributed by atoms with Crippen LogP contribution in [0.3, 0.4) is 0 Å². The van der Waals surface area contributed by atoms with Crippen molar-refractivity contribution in [2.75, 3.05) is 10.2 Å². The number of hydrogen-bond acceptors (Lipinski definition) is 6. The second-order valence-electron chi connectivity index (χ2n) is 7.34. The van der Waals surface area contributed by atoms with Gasteiger partial charge in [-0.2, -0.15) is 0 Å². The van der Waals surface area contributed by atoms with E-state index in [0.717, 1.165) is 11.0 Å². The van der Waals surface area contributed by atoms with Crippen LogP contribution < -0.4 is 10.2 Å². The number of rotatable bonds is 4. The molecule has 0 radical (unpaired) electrons. The van der Waals surface area contributed by atoms with E-state index in [1.807, 2.05) is 0 Å². The number of nitro groups is 1. The predicted octanol–water partition coefficient (Wildman–Crippen LogP) is 5.65. The van der Waals surface area contributed by atoms with Crippen LogP contribution in [0.2, 0.25) is 5.02 Å². The van der Waals surface area contributed by atoms with Crippen molar-refractivity contribution < 1.29 is 19.6 Å². The van der Waals surface area contributed by atoms with Crippen LogP contribution in [-0.4, -0.2) is 21.8 Å². The van der Waals surface area contributed by atoms with E-state index in [1.54, 1.807) is 54.6 Å². The van der Waals surface area contributed by atoms with Gasteiger partial charge in [0.1, 0.15) is 11.4 Å². The van der Waals surface area contributed by atoms with Crippen molar-refractivity contribution in [1.82, 2.24) is 0 Å². The summed E-state index contributed by atoms with van der Waals surface area (Å²) in [5, 5.41) is 26.2. The van der Waals surface area contributed by atoms with E-state index >= 15 is 0 Å². The standard InChI is InChI=1S/C24H14ClN3O5/c25-16-8-1-2-9-17(16)26-22-13-6-5-7-14-21(13)15(12-19(22)28(32)33)24(31)27(23(14)30)18-10-3-4-11-20(18)29/h1-12,26,29H. The largest absolute Gasteiger partial charge is 0.506 e. The van der Waals surface area contributed by atoms with Crippen LogP contribution in [0.25, 0.3) is 10.8 Å². The highest BCUT2D eigenvalue weighted by atomic mass is 35.5. The zero-order valence-electron chi connectivity index (χ0n) is 16.8. The van der Waals surface area contributed by atoms with Gasteiger partial charge in [-0.05, 0) is 30.3 Å². The molecule has 0 aliphatic carbocycles. The number of nitrogens with zero attached hydrogens (tertiary/aromatic N) is 2. The summed E-state index contributed by atoms with van der Waals surface area (Å²) in [5.41, 5.74) is 0.366. The highest BCUT2D eigenvalue weighted by Crippen LogP contribution is 2.43. The van der Waals surface area contributed by atoms with E-state index in [2.05, 4.69) is 5.32 Å².